The summed E-state index contributed by atoms with van der Waals surface area (Å²) < 4.78 is 0. The van der Waals surface area contributed by atoms with Crippen LogP contribution in [0.25, 0.3) is 0 Å². The van der Waals surface area contributed by atoms with Crippen LogP contribution in [0.15, 0.2) is 18.3 Å². The first-order chi connectivity index (χ1) is 6.20. The molecule has 0 aliphatic carbocycles. The summed E-state index contributed by atoms with van der Waals surface area (Å²) >= 11 is 1.70. The Morgan fingerprint density at radius 2 is 2.38 bits per heavy atom. The second-order valence-electron chi connectivity index (χ2n) is 3.42. The summed E-state index contributed by atoms with van der Waals surface area (Å²) in [6, 6.07) is 3.67. The number of carbonyl (C=O) groups excluding carboxylic acids is 1. The van der Waals surface area contributed by atoms with E-state index >= 15 is 0 Å². The van der Waals surface area contributed by atoms with Crippen LogP contribution in [-0.4, -0.2) is 22.3 Å². The van der Waals surface area contributed by atoms with Crippen molar-refractivity contribution in [3.8, 4) is 0 Å². The van der Waals surface area contributed by atoms with Gasteiger partial charge in [-0.15, -0.1) is 0 Å². The van der Waals surface area contributed by atoms with Crippen molar-refractivity contribution in [2.75, 3.05) is 11.5 Å². The van der Waals surface area contributed by atoms with Crippen molar-refractivity contribution in [1.29, 1.82) is 0 Å². The minimum Gasteiger partial charge on any atom is -0.359 e. The van der Waals surface area contributed by atoms with Gasteiger partial charge in [-0.1, -0.05) is 13.8 Å². The molecule has 1 N–H and O–H groups in total. The molecule has 1 rings (SSSR count). The van der Waals surface area contributed by atoms with Crippen molar-refractivity contribution < 1.29 is 4.79 Å². The molecule has 0 atom stereocenters. The number of nitrogens with one attached hydrogen (secondary N) is 1. The van der Waals surface area contributed by atoms with Crippen molar-refractivity contribution in [1.82, 2.24) is 4.98 Å². The van der Waals surface area contributed by atoms with Gasteiger partial charge in [0.2, 0.25) is 0 Å². The highest BCUT2D eigenvalue weighted by atomic mass is 32.2. The van der Waals surface area contributed by atoms with Gasteiger partial charge in [-0.05, 0) is 23.8 Å². The molecule has 3 heteroatoms. The van der Waals surface area contributed by atoms with Gasteiger partial charge in [0.15, 0.2) is 5.78 Å². The fraction of sp³-hybridized carbons (Fsp3) is 0.500. The summed E-state index contributed by atoms with van der Waals surface area (Å²) in [5.74, 6) is 2.47. The van der Waals surface area contributed by atoms with E-state index in [0.29, 0.717) is 11.7 Å². The zero-order valence-electron chi connectivity index (χ0n) is 8.04. The van der Waals surface area contributed by atoms with Crippen LogP contribution in [0.1, 0.15) is 24.3 Å². The highest BCUT2D eigenvalue weighted by Gasteiger charge is 2.06. The average Bonchev–Trinajstić information content (AvgIpc) is 2.55. The van der Waals surface area contributed by atoms with E-state index < -0.39 is 0 Å². The monoisotopic (exact) mass is 197 g/mol. The second-order valence-corrected chi connectivity index (χ2v) is 4.45. The molecule has 2 nitrogen and oxygen atoms in total. The van der Waals surface area contributed by atoms with Crippen LogP contribution in [0.5, 0.6) is 0 Å². The highest BCUT2D eigenvalue weighted by molar-refractivity contribution is 7.99. The number of rotatable bonds is 5. The molecular formula is C10H15NOS. The minimum atomic E-state index is 0.190. The van der Waals surface area contributed by atoms with Crippen molar-refractivity contribution in [3.05, 3.63) is 24.0 Å². The molecule has 0 aromatic carbocycles. The third-order valence-electron chi connectivity index (χ3n) is 1.58. The van der Waals surface area contributed by atoms with Gasteiger partial charge < -0.3 is 4.98 Å². The van der Waals surface area contributed by atoms with Gasteiger partial charge in [-0.3, -0.25) is 4.79 Å². The number of ketones is 1. The molecule has 0 amide bonds. The topological polar surface area (TPSA) is 32.9 Å². The molecule has 0 saturated heterocycles. The van der Waals surface area contributed by atoms with Crippen molar-refractivity contribution in [2.45, 2.75) is 13.8 Å². The van der Waals surface area contributed by atoms with Crippen LogP contribution in [0, 0.1) is 5.92 Å². The van der Waals surface area contributed by atoms with Crippen molar-refractivity contribution in [3.63, 3.8) is 0 Å². The number of carbonyl (C=O) groups is 1. The van der Waals surface area contributed by atoms with E-state index in [-0.39, 0.29) is 5.78 Å². The van der Waals surface area contributed by atoms with Crippen LogP contribution >= 0.6 is 11.8 Å². The molecule has 1 aromatic heterocycles. The Morgan fingerprint density at radius 3 is 2.92 bits per heavy atom. The van der Waals surface area contributed by atoms with Crippen LogP contribution < -0.4 is 0 Å². The molecule has 0 unspecified atom stereocenters. The Labute approximate surface area is 83.1 Å². The van der Waals surface area contributed by atoms with Gasteiger partial charge in [0.05, 0.1) is 11.4 Å². The van der Waals surface area contributed by atoms with Crippen LogP contribution in [-0.2, 0) is 0 Å². The summed E-state index contributed by atoms with van der Waals surface area (Å²) in [4.78, 5) is 14.3. The lowest BCUT2D eigenvalue weighted by Gasteiger charge is -2.02. The molecule has 72 valence electrons. The number of aromatic nitrogens is 1. The van der Waals surface area contributed by atoms with Crippen LogP contribution in [0.3, 0.4) is 0 Å². The van der Waals surface area contributed by atoms with E-state index in [1.165, 1.54) is 0 Å². The fourth-order valence-electron chi connectivity index (χ4n) is 0.969. The zero-order chi connectivity index (χ0) is 9.68. The normalized spacial score (nSPS) is 10.7. The maximum Gasteiger partial charge on any atom is 0.188 e. The molecule has 0 saturated carbocycles. The molecule has 1 heterocycles. The number of H-pyrrole nitrogens is 1. The molecule has 13 heavy (non-hydrogen) atoms. The Balaban J connectivity index is 2.27. The predicted octanol–water partition coefficient (Wildman–Crippen LogP) is 2.59. The molecule has 0 aliphatic heterocycles. The maximum atomic E-state index is 11.4. The summed E-state index contributed by atoms with van der Waals surface area (Å²) in [5.41, 5.74) is 0.719. The Kier molecular flexibility index (Phi) is 4.09. The smallest absolute Gasteiger partial charge is 0.188 e. The maximum absolute atomic E-state index is 11.4. The first kappa shape index (κ1) is 10.4. The van der Waals surface area contributed by atoms with Gasteiger partial charge in [0, 0.05) is 6.20 Å². The Bertz CT molecular complexity index is 254. The molecule has 1 aromatic rings. The third kappa shape index (κ3) is 3.68. The van der Waals surface area contributed by atoms with Crippen LogP contribution in [0.4, 0.5) is 0 Å². The lowest BCUT2D eigenvalue weighted by atomic mass is 10.3. The fourth-order valence-corrected chi connectivity index (χ4v) is 1.90. The van der Waals surface area contributed by atoms with Gasteiger partial charge in [-0.2, -0.15) is 11.8 Å². The minimum absolute atomic E-state index is 0.190. The number of Topliss-reactive ketones (excluding diaryl/α,β-unsaturated/α-hetero) is 1. The average molecular weight is 197 g/mol. The van der Waals surface area contributed by atoms with E-state index in [2.05, 4.69) is 18.8 Å². The highest BCUT2D eigenvalue weighted by Crippen LogP contribution is 2.09. The summed E-state index contributed by atoms with van der Waals surface area (Å²) in [6.07, 6.45) is 1.78. The summed E-state index contributed by atoms with van der Waals surface area (Å²) in [6.45, 7) is 4.32. The standard InChI is InChI=1S/C10H15NOS/c1-8(2)6-13-7-10(12)9-4-3-5-11-9/h3-5,8,11H,6-7H2,1-2H3. The Morgan fingerprint density at radius 1 is 1.62 bits per heavy atom. The van der Waals surface area contributed by atoms with Crippen molar-refractivity contribution in [2.24, 2.45) is 5.92 Å². The molecule has 0 spiro atoms. The molecule has 0 bridgehead atoms. The molecular weight excluding hydrogens is 182 g/mol. The summed E-state index contributed by atoms with van der Waals surface area (Å²) in [7, 11) is 0. The van der Waals surface area contributed by atoms with E-state index in [1.807, 2.05) is 12.1 Å². The molecule has 0 radical (unpaired) electrons. The van der Waals surface area contributed by atoms with E-state index in [9.17, 15) is 4.79 Å². The first-order valence-electron chi connectivity index (χ1n) is 4.44. The summed E-state index contributed by atoms with van der Waals surface area (Å²) in [5, 5.41) is 0. The zero-order valence-corrected chi connectivity index (χ0v) is 8.86. The van der Waals surface area contributed by atoms with Gasteiger partial charge >= 0.3 is 0 Å². The number of thioether (sulfide) groups is 1. The SMILES string of the molecule is CC(C)CSCC(=O)c1ccc[nH]1. The Hall–Kier alpha value is -0.700. The van der Waals surface area contributed by atoms with E-state index in [4.69, 9.17) is 0 Å². The lowest BCUT2D eigenvalue weighted by Crippen LogP contribution is -2.04. The van der Waals surface area contributed by atoms with Crippen molar-refractivity contribution >= 4 is 17.5 Å². The first-order valence-corrected chi connectivity index (χ1v) is 5.60. The second kappa shape index (κ2) is 5.12. The van der Waals surface area contributed by atoms with Crippen LogP contribution in [0.2, 0.25) is 0 Å². The van der Waals surface area contributed by atoms with E-state index in [0.717, 1.165) is 11.4 Å². The lowest BCUT2D eigenvalue weighted by molar-refractivity contribution is 0.101. The number of hydrogen-bond acceptors (Lipinski definition) is 2. The third-order valence-corrected chi connectivity index (χ3v) is 2.95. The van der Waals surface area contributed by atoms with Gasteiger partial charge in [0.1, 0.15) is 0 Å². The van der Waals surface area contributed by atoms with Gasteiger partial charge in [-0.25, -0.2) is 0 Å². The van der Waals surface area contributed by atoms with E-state index in [1.54, 1.807) is 18.0 Å². The number of aromatic amines is 1. The quantitative estimate of drug-likeness (QED) is 0.736. The predicted molar refractivity (Wildman–Crippen MR) is 57.3 cm³/mol. The number of hydrogen-bond donors (Lipinski definition) is 1. The molecule has 0 fully saturated rings. The largest absolute Gasteiger partial charge is 0.359 e. The van der Waals surface area contributed by atoms with Gasteiger partial charge in [0.25, 0.3) is 0 Å². The molecule has 0 aliphatic rings.